The molecule has 0 aliphatic rings. The first-order valence-corrected chi connectivity index (χ1v) is 5.00. The number of halogens is 3. The van der Waals surface area contributed by atoms with Crippen LogP contribution >= 0.6 is 11.3 Å². The van der Waals surface area contributed by atoms with Crippen molar-refractivity contribution in [1.29, 1.82) is 0 Å². The van der Waals surface area contributed by atoms with Gasteiger partial charge < -0.3 is 5.73 Å². The smallest absolute Gasteiger partial charge is 0.323 e. The molecule has 1 rings (SSSR count). The third-order valence-corrected chi connectivity index (χ3v) is 3.15. The van der Waals surface area contributed by atoms with Crippen LogP contribution in [-0.4, -0.2) is 6.18 Å². The van der Waals surface area contributed by atoms with Crippen molar-refractivity contribution in [3.8, 4) is 0 Å². The standard InChI is InChI=1S/C9H12F3NS/c1-5-3-6(2)14-8(5)7(13)4-9(10,11)12/h3,7H,4,13H2,1-2H3. The molecule has 0 fully saturated rings. The van der Waals surface area contributed by atoms with Gasteiger partial charge in [-0.3, -0.25) is 0 Å². The lowest BCUT2D eigenvalue weighted by molar-refractivity contribution is -0.138. The van der Waals surface area contributed by atoms with Crippen LogP contribution in [0.15, 0.2) is 6.07 Å². The monoisotopic (exact) mass is 223 g/mol. The third-order valence-electron chi connectivity index (χ3n) is 1.87. The van der Waals surface area contributed by atoms with Gasteiger partial charge in [-0.15, -0.1) is 11.3 Å². The van der Waals surface area contributed by atoms with Crippen LogP contribution < -0.4 is 5.73 Å². The second-order valence-corrected chi connectivity index (χ2v) is 4.62. The molecule has 0 radical (unpaired) electrons. The SMILES string of the molecule is Cc1cc(C)c(C(N)CC(F)(F)F)s1. The van der Waals surface area contributed by atoms with Gasteiger partial charge in [0, 0.05) is 15.8 Å². The van der Waals surface area contributed by atoms with E-state index >= 15 is 0 Å². The van der Waals surface area contributed by atoms with Crippen LogP contribution in [0.3, 0.4) is 0 Å². The fourth-order valence-electron chi connectivity index (χ4n) is 1.37. The zero-order valence-electron chi connectivity index (χ0n) is 7.98. The molecule has 1 aromatic rings. The number of nitrogens with two attached hydrogens (primary N) is 1. The van der Waals surface area contributed by atoms with Gasteiger partial charge in [0.15, 0.2) is 0 Å². The Kier molecular flexibility index (Phi) is 3.21. The van der Waals surface area contributed by atoms with Crippen molar-refractivity contribution in [3.63, 3.8) is 0 Å². The maximum atomic E-state index is 12.1. The van der Waals surface area contributed by atoms with Gasteiger partial charge in [0.25, 0.3) is 0 Å². The van der Waals surface area contributed by atoms with Gasteiger partial charge in [0.1, 0.15) is 0 Å². The summed E-state index contributed by atoms with van der Waals surface area (Å²) in [6.07, 6.45) is -5.14. The van der Waals surface area contributed by atoms with E-state index in [0.717, 1.165) is 10.4 Å². The Labute approximate surface area is 84.7 Å². The second kappa shape index (κ2) is 3.90. The average Bonchev–Trinajstić information content (AvgIpc) is 2.26. The summed E-state index contributed by atoms with van der Waals surface area (Å²) in [5.74, 6) is 0. The third kappa shape index (κ3) is 2.99. The van der Waals surface area contributed by atoms with E-state index in [9.17, 15) is 13.2 Å². The summed E-state index contributed by atoms with van der Waals surface area (Å²) in [5, 5.41) is 0. The highest BCUT2D eigenvalue weighted by Gasteiger charge is 2.31. The van der Waals surface area contributed by atoms with Crippen molar-refractivity contribution in [2.75, 3.05) is 0 Å². The van der Waals surface area contributed by atoms with Crippen LogP contribution in [0.5, 0.6) is 0 Å². The molecule has 0 amide bonds. The van der Waals surface area contributed by atoms with Crippen molar-refractivity contribution >= 4 is 11.3 Å². The van der Waals surface area contributed by atoms with Gasteiger partial charge in [0.05, 0.1) is 6.42 Å². The van der Waals surface area contributed by atoms with Crippen molar-refractivity contribution in [3.05, 3.63) is 21.4 Å². The molecular formula is C9H12F3NS. The van der Waals surface area contributed by atoms with Crippen LogP contribution in [0, 0.1) is 13.8 Å². The maximum Gasteiger partial charge on any atom is 0.390 e. The minimum atomic E-state index is -4.19. The summed E-state index contributed by atoms with van der Waals surface area (Å²) in [6, 6.07) is 0.935. The predicted molar refractivity (Wildman–Crippen MR) is 51.4 cm³/mol. The fourth-order valence-corrected chi connectivity index (χ4v) is 2.41. The summed E-state index contributed by atoms with van der Waals surface area (Å²) in [5.41, 5.74) is 6.34. The van der Waals surface area contributed by atoms with Crippen molar-refractivity contribution in [1.82, 2.24) is 0 Å². The molecule has 0 saturated carbocycles. The molecule has 5 heteroatoms. The molecule has 1 heterocycles. The van der Waals surface area contributed by atoms with E-state index in [1.54, 1.807) is 6.92 Å². The largest absolute Gasteiger partial charge is 0.390 e. The number of hydrogen-bond acceptors (Lipinski definition) is 2. The molecular weight excluding hydrogens is 211 g/mol. The average molecular weight is 223 g/mol. The van der Waals surface area contributed by atoms with Gasteiger partial charge in [-0.1, -0.05) is 0 Å². The number of rotatable bonds is 2. The summed E-state index contributed by atoms with van der Waals surface area (Å²) in [7, 11) is 0. The molecule has 0 aromatic carbocycles. The molecule has 0 bridgehead atoms. The lowest BCUT2D eigenvalue weighted by atomic mass is 10.1. The fraction of sp³-hybridized carbons (Fsp3) is 0.556. The van der Waals surface area contributed by atoms with Crippen LogP contribution in [0.1, 0.15) is 27.8 Å². The van der Waals surface area contributed by atoms with Gasteiger partial charge in [-0.2, -0.15) is 13.2 Å². The van der Waals surface area contributed by atoms with Crippen molar-refractivity contribution in [2.24, 2.45) is 5.73 Å². The molecule has 1 atom stereocenters. The minimum Gasteiger partial charge on any atom is -0.323 e. The first kappa shape index (κ1) is 11.5. The topological polar surface area (TPSA) is 26.0 Å². The van der Waals surface area contributed by atoms with Gasteiger partial charge in [-0.05, 0) is 25.5 Å². The minimum absolute atomic E-state index is 0.639. The van der Waals surface area contributed by atoms with Crippen LogP contribution in [0.4, 0.5) is 13.2 Å². The van der Waals surface area contributed by atoms with E-state index in [-0.39, 0.29) is 0 Å². The second-order valence-electron chi connectivity index (χ2n) is 3.33. The molecule has 0 aliphatic carbocycles. The zero-order valence-corrected chi connectivity index (χ0v) is 8.80. The van der Waals surface area contributed by atoms with E-state index < -0.39 is 18.6 Å². The Morgan fingerprint density at radius 3 is 2.36 bits per heavy atom. The lowest BCUT2D eigenvalue weighted by Crippen LogP contribution is -2.19. The summed E-state index contributed by atoms with van der Waals surface area (Å²) < 4.78 is 36.2. The normalized spacial score (nSPS) is 14.4. The molecule has 14 heavy (non-hydrogen) atoms. The lowest BCUT2D eigenvalue weighted by Gasteiger charge is -2.13. The number of alkyl halides is 3. The molecule has 0 aliphatic heterocycles. The Bertz CT molecular complexity index is 316. The first-order valence-electron chi connectivity index (χ1n) is 4.19. The van der Waals surface area contributed by atoms with Gasteiger partial charge >= 0.3 is 6.18 Å². The number of thiophene rings is 1. The molecule has 1 nitrogen and oxygen atoms in total. The van der Waals surface area contributed by atoms with Crippen molar-refractivity contribution in [2.45, 2.75) is 32.5 Å². The number of hydrogen-bond donors (Lipinski definition) is 1. The van der Waals surface area contributed by atoms with E-state index in [0.29, 0.717) is 4.88 Å². The molecule has 0 saturated heterocycles. The Morgan fingerprint density at radius 1 is 1.43 bits per heavy atom. The summed E-state index contributed by atoms with van der Waals surface area (Å²) in [4.78, 5) is 1.63. The van der Waals surface area contributed by atoms with E-state index in [1.165, 1.54) is 11.3 Å². The Morgan fingerprint density at radius 2 is 2.00 bits per heavy atom. The zero-order chi connectivity index (χ0) is 10.9. The Balaban J connectivity index is 2.79. The first-order chi connectivity index (χ1) is 6.29. The maximum absolute atomic E-state index is 12.1. The van der Waals surface area contributed by atoms with E-state index in [1.807, 2.05) is 13.0 Å². The van der Waals surface area contributed by atoms with E-state index in [4.69, 9.17) is 5.73 Å². The quantitative estimate of drug-likeness (QED) is 0.817. The van der Waals surface area contributed by atoms with Gasteiger partial charge in [0.2, 0.25) is 0 Å². The highest BCUT2D eigenvalue weighted by molar-refractivity contribution is 7.12. The van der Waals surface area contributed by atoms with Crippen LogP contribution in [0.25, 0.3) is 0 Å². The molecule has 80 valence electrons. The Hall–Kier alpha value is -0.550. The molecule has 1 aromatic heterocycles. The molecule has 1 unspecified atom stereocenters. The van der Waals surface area contributed by atoms with E-state index in [2.05, 4.69) is 0 Å². The molecule has 2 N–H and O–H groups in total. The summed E-state index contributed by atoms with van der Waals surface area (Å²) in [6.45, 7) is 3.65. The molecule has 0 spiro atoms. The highest BCUT2D eigenvalue weighted by Crippen LogP contribution is 2.33. The van der Waals surface area contributed by atoms with Crippen LogP contribution in [0.2, 0.25) is 0 Å². The van der Waals surface area contributed by atoms with Crippen molar-refractivity contribution < 1.29 is 13.2 Å². The van der Waals surface area contributed by atoms with Crippen LogP contribution in [-0.2, 0) is 0 Å². The summed E-state index contributed by atoms with van der Waals surface area (Å²) >= 11 is 1.34. The van der Waals surface area contributed by atoms with Gasteiger partial charge in [-0.25, -0.2) is 0 Å². The number of aryl methyl sites for hydroxylation is 2. The predicted octanol–water partition coefficient (Wildman–Crippen LogP) is 3.32. The highest BCUT2D eigenvalue weighted by atomic mass is 32.1.